The molecule has 1 aromatic heterocycles. The molecule has 17 heavy (non-hydrogen) atoms. The lowest BCUT2D eigenvalue weighted by atomic mass is 10.1. The fourth-order valence-electron chi connectivity index (χ4n) is 1.98. The molecule has 3 rings (SSSR count). The summed E-state index contributed by atoms with van der Waals surface area (Å²) in [6.07, 6.45) is 0.901. The first kappa shape index (κ1) is 10.3. The summed E-state index contributed by atoms with van der Waals surface area (Å²) in [6.45, 7) is 1.35. The molecule has 5 nitrogen and oxygen atoms in total. The number of carbonyl (C=O) groups is 1. The molecule has 2 aromatic rings. The van der Waals surface area contributed by atoms with Gasteiger partial charge in [-0.25, -0.2) is 9.78 Å². The van der Waals surface area contributed by atoms with Crippen LogP contribution in [0.4, 0.5) is 0 Å². The minimum Gasteiger partial charge on any atom is -0.478 e. The largest absolute Gasteiger partial charge is 0.478 e. The third-order valence-corrected chi connectivity index (χ3v) is 2.93. The molecular formula is C12H11NO4. The number of rotatable bonds is 2. The molecule has 88 valence electrons. The van der Waals surface area contributed by atoms with E-state index in [4.69, 9.17) is 14.3 Å². The van der Waals surface area contributed by atoms with Gasteiger partial charge in [-0.1, -0.05) is 0 Å². The van der Waals surface area contributed by atoms with E-state index < -0.39 is 5.97 Å². The SMILES string of the molecule is O=C(O)c1ccc2oc(C3CCOC3)nc2c1. The highest BCUT2D eigenvalue weighted by molar-refractivity contribution is 5.91. The smallest absolute Gasteiger partial charge is 0.335 e. The Bertz CT molecular complexity index is 569. The molecule has 0 amide bonds. The van der Waals surface area contributed by atoms with Crippen LogP contribution in [-0.4, -0.2) is 29.3 Å². The van der Waals surface area contributed by atoms with Crippen molar-refractivity contribution in [2.75, 3.05) is 13.2 Å². The van der Waals surface area contributed by atoms with Crippen LogP contribution in [0.15, 0.2) is 22.6 Å². The molecule has 1 atom stereocenters. The van der Waals surface area contributed by atoms with Crippen LogP contribution in [0.2, 0.25) is 0 Å². The Morgan fingerprint density at radius 3 is 3.06 bits per heavy atom. The maximum Gasteiger partial charge on any atom is 0.335 e. The van der Waals surface area contributed by atoms with Gasteiger partial charge in [0, 0.05) is 6.61 Å². The summed E-state index contributed by atoms with van der Waals surface area (Å²) in [4.78, 5) is 15.2. The number of carboxylic acids is 1. The third-order valence-electron chi connectivity index (χ3n) is 2.93. The van der Waals surface area contributed by atoms with Crippen molar-refractivity contribution in [3.05, 3.63) is 29.7 Å². The molecule has 0 radical (unpaired) electrons. The van der Waals surface area contributed by atoms with Gasteiger partial charge >= 0.3 is 5.97 Å². The Balaban J connectivity index is 2.03. The van der Waals surface area contributed by atoms with E-state index in [2.05, 4.69) is 4.98 Å². The van der Waals surface area contributed by atoms with Crippen LogP contribution in [-0.2, 0) is 4.74 Å². The van der Waals surface area contributed by atoms with Crippen molar-refractivity contribution in [3.8, 4) is 0 Å². The topological polar surface area (TPSA) is 72.6 Å². The number of benzene rings is 1. The number of hydrogen-bond acceptors (Lipinski definition) is 4. The summed E-state index contributed by atoms with van der Waals surface area (Å²) in [6, 6.07) is 4.69. The van der Waals surface area contributed by atoms with Gasteiger partial charge in [-0.2, -0.15) is 0 Å². The van der Waals surface area contributed by atoms with E-state index in [1.807, 2.05) is 0 Å². The van der Waals surface area contributed by atoms with E-state index >= 15 is 0 Å². The van der Waals surface area contributed by atoms with Crippen molar-refractivity contribution in [2.45, 2.75) is 12.3 Å². The number of aromatic carboxylic acids is 1. The molecule has 1 aromatic carbocycles. The first-order valence-corrected chi connectivity index (χ1v) is 5.45. The summed E-state index contributed by atoms with van der Waals surface area (Å²) in [5, 5.41) is 8.88. The maximum absolute atomic E-state index is 10.8. The van der Waals surface area contributed by atoms with Crippen LogP contribution in [0.5, 0.6) is 0 Å². The van der Waals surface area contributed by atoms with Gasteiger partial charge in [0.2, 0.25) is 5.89 Å². The normalized spacial score (nSPS) is 19.9. The van der Waals surface area contributed by atoms with Gasteiger partial charge in [-0.05, 0) is 24.6 Å². The summed E-state index contributed by atoms with van der Waals surface area (Å²) in [7, 11) is 0. The van der Waals surface area contributed by atoms with Crippen molar-refractivity contribution < 1.29 is 19.1 Å². The Labute approximate surface area is 97.0 Å². The maximum atomic E-state index is 10.8. The first-order chi connectivity index (χ1) is 8.24. The minimum absolute atomic E-state index is 0.190. The van der Waals surface area contributed by atoms with E-state index in [9.17, 15) is 4.79 Å². The molecule has 1 aliphatic rings. The van der Waals surface area contributed by atoms with Gasteiger partial charge in [-0.15, -0.1) is 0 Å². The highest BCUT2D eigenvalue weighted by Gasteiger charge is 2.23. The predicted molar refractivity (Wildman–Crippen MR) is 59.1 cm³/mol. The summed E-state index contributed by atoms with van der Waals surface area (Å²) in [5.41, 5.74) is 1.43. The first-order valence-electron chi connectivity index (χ1n) is 5.45. The van der Waals surface area contributed by atoms with Crippen LogP contribution < -0.4 is 0 Å². The number of nitrogens with zero attached hydrogens (tertiary/aromatic N) is 1. The van der Waals surface area contributed by atoms with Gasteiger partial charge < -0.3 is 14.3 Å². The van der Waals surface area contributed by atoms with Crippen molar-refractivity contribution >= 4 is 17.1 Å². The Kier molecular flexibility index (Phi) is 2.33. The molecule has 2 heterocycles. The van der Waals surface area contributed by atoms with Crippen LogP contribution in [0.25, 0.3) is 11.1 Å². The molecule has 1 aliphatic heterocycles. The number of ether oxygens (including phenoxy) is 1. The monoisotopic (exact) mass is 233 g/mol. The van der Waals surface area contributed by atoms with Crippen molar-refractivity contribution in [3.63, 3.8) is 0 Å². The second-order valence-electron chi connectivity index (χ2n) is 4.10. The van der Waals surface area contributed by atoms with E-state index in [0.717, 1.165) is 13.0 Å². The molecule has 1 unspecified atom stereocenters. The third kappa shape index (κ3) is 1.78. The van der Waals surface area contributed by atoms with Crippen molar-refractivity contribution in [1.29, 1.82) is 0 Å². The van der Waals surface area contributed by atoms with Gasteiger partial charge in [-0.3, -0.25) is 0 Å². The molecule has 0 spiro atoms. The van der Waals surface area contributed by atoms with E-state index in [1.54, 1.807) is 6.07 Å². The zero-order valence-electron chi connectivity index (χ0n) is 9.05. The summed E-state index contributed by atoms with van der Waals surface area (Å²) >= 11 is 0. The van der Waals surface area contributed by atoms with Gasteiger partial charge in [0.25, 0.3) is 0 Å². The Hall–Kier alpha value is -1.88. The van der Waals surface area contributed by atoms with E-state index in [1.165, 1.54) is 12.1 Å². The standard InChI is InChI=1S/C12H11NO4/c14-12(15)7-1-2-10-9(5-7)13-11(17-10)8-3-4-16-6-8/h1-2,5,8H,3-4,6H2,(H,14,15). The zero-order chi connectivity index (χ0) is 11.8. The molecule has 1 saturated heterocycles. The quantitative estimate of drug-likeness (QED) is 0.859. The average Bonchev–Trinajstić information content (AvgIpc) is 2.96. The van der Waals surface area contributed by atoms with Crippen LogP contribution >= 0.6 is 0 Å². The number of aromatic nitrogens is 1. The molecule has 1 N–H and O–H groups in total. The zero-order valence-corrected chi connectivity index (χ0v) is 9.05. The highest BCUT2D eigenvalue weighted by atomic mass is 16.5. The van der Waals surface area contributed by atoms with E-state index in [-0.39, 0.29) is 11.5 Å². The van der Waals surface area contributed by atoms with Crippen molar-refractivity contribution in [2.24, 2.45) is 0 Å². The number of oxazole rings is 1. The number of hydrogen-bond donors (Lipinski definition) is 1. The van der Waals surface area contributed by atoms with Crippen LogP contribution in [0.3, 0.4) is 0 Å². The van der Waals surface area contributed by atoms with Gasteiger partial charge in [0.15, 0.2) is 5.58 Å². The fourth-order valence-corrected chi connectivity index (χ4v) is 1.98. The van der Waals surface area contributed by atoms with Gasteiger partial charge in [0.05, 0.1) is 18.1 Å². The molecular weight excluding hydrogens is 222 g/mol. The summed E-state index contributed by atoms with van der Waals surface area (Å²) in [5.74, 6) is -0.128. The number of carboxylic acid groups (broad SMARTS) is 1. The molecule has 0 bridgehead atoms. The van der Waals surface area contributed by atoms with E-state index in [0.29, 0.717) is 23.6 Å². The second-order valence-corrected chi connectivity index (χ2v) is 4.10. The number of fused-ring (bicyclic) bond motifs is 1. The lowest BCUT2D eigenvalue weighted by Gasteiger charge is -1.98. The average molecular weight is 233 g/mol. The molecule has 0 aliphatic carbocycles. The van der Waals surface area contributed by atoms with Gasteiger partial charge in [0.1, 0.15) is 5.52 Å². The minimum atomic E-state index is -0.958. The molecule has 0 saturated carbocycles. The van der Waals surface area contributed by atoms with Crippen molar-refractivity contribution in [1.82, 2.24) is 4.98 Å². The summed E-state index contributed by atoms with van der Waals surface area (Å²) < 4.78 is 10.9. The predicted octanol–water partition coefficient (Wildman–Crippen LogP) is 2.03. The Morgan fingerprint density at radius 1 is 1.47 bits per heavy atom. The molecule has 1 fully saturated rings. The molecule has 5 heteroatoms. The van der Waals surface area contributed by atoms with Crippen LogP contribution in [0.1, 0.15) is 28.6 Å². The Morgan fingerprint density at radius 2 is 2.35 bits per heavy atom. The second kappa shape index (κ2) is 3.85. The van der Waals surface area contributed by atoms with Crippen LogP contribution in [0, 0.1) is 0 Å². The lowest BCUT2D eigenvalue weighted by Crippen LogP contribution is -1.97. The highest BCUT2D eigenvalue weighted by Crippen LogP contribution is 2.27. The lowest BCUT2D eigenvalue weighted by molar-refractivity contribution is 0.0697. The fraction of sp³-hybridized carbons (Fsp3) is 0.333.